The molecule has 22 heavy (non-hydrogen) atoms. The third kappa shape index (κ3) is 4.96. The monoisotopic (exact) mass is 330 g/mol. The predicted molar refractivity (Wildman–Crippen MR) is 83.1 cm³/mol. The van der Waals surface area contributed by atoms with E-state index in [1.54, 1.807) is 6.92 Å². The van der Waals surface area contributed by atoms with Gasteiger partial charge in [0.05, 0.1) is 11.3 Å². The molecule has 1 aromatic carbocycles. The van der Waals surface area contributed by atoms with Crippen molar-refractivity contribution in [2.24, 2.45) is 5.92 Å². The van der Waals surface area contributed by atoms with Gasteiger partial charge in [0.25, 0.3) is 0 Å². The van der Waals surface area contributed by atoms with Gasteiger partial charge in [-0.25, -0.2) is 4.39 Å². The van der Waals surface area contributed by atoms with Gasteiger partial charge >= 0.3 is 11.8 Å². The average molecular weight is 331 g/mol. The minimum atomic E-state index is -1.13. The highest BCUT2D eigenvalue weighted by Crippen LogP contribution is 2.20. The lowest BCUT2D eigenvalue weighted by Crippen LogP contribution is -2.47. The van der Waals surface area contributed by atoms with Crippen LogP contribution in [-0.4, -0.2) is 29.1 Å². The third-order valence-electron chi connectivity index (χ3n) is 3.67. The van der Waals surface area contributed by atoms with E-state index in [-0.39, 0.29) is 23.2 Å². The lowest BCUT2D eigenvalue weighted by Gasteiger charge is -2.29. The molecule has 0 unspecified atom stereocenters. The van der Waals surface area contributed by atoms with Crippen LogP contribution in [-0.2, 0) is 9.59 Å². The number of amides is 2. The van der Waals surface area contributed by atoms with E-state index in [9.17, 15) is 19.1 Å². The smallest absolute Gasteiger partial charge is 0.313 e. The first-order valence-corrected chi connectivity index (χ1v) is 7.31. The molecule has 122 valence electrons. The van der Waals surface area contributed by atoms with E-state index in [2.05, 4.69) is 10.6 Å². The number of anilines is 1. The van der Waals surface area contributed by atoms with Gasteiger partial charge in [0.2, 0.25) is 0 Å². The summed E-state index contributed by atoms with van der Waals surface area (Å²) in [6, 6.07) is 3.69. The van der Waals surface area contributed by atoms with Crippen LogP contribution in [0.4, 0.5) is 10.1 Å². The van der Waals surface area contributed by atoms with Crippen LogP contribution in [0.5, 0.6) is 0 Å². The van der Waals surface area contributed by atoms with Gasteiger partial charge in [0.1, 0.15) is 5.82 Å². The molecule has 7 heteroatoms. The molecule has 0 saturated carbocycles. The van der Waals surface area contributed by atoms with Gasteiger partial charge in [0.15, 0.2) is 0 Å². The van der Waals surface area contributed by atoms with Gasteiger partial charge in [-0.05, 0) is 31.0 Å². The van der Waals surface area contributed by atoms with E-state index in [0.29, 0.717) is 0 Å². The second kappa shape index (κ2) is 7.56. The second-order valence-electron chi connectivity index (χ2n) is 5.43. The molecule has 0 aliphatic rings. The highest BCUT2D eigenvalue weighted by molar-refractivity contribution is 6.39. The second-order valence-corrected chi connectivity index (χ2v) is 5.86. The molecule has 5 nitrogen and oxygen atoms in total. The number of benzene rings is 1. The molecular formula is C15H20ClFN2O3. The maximum absolute atomic E-state index is 13.5. The van der Waals surface area contributed by atoms with Crippen LogP contribution in [0.3, 0.4) is 0 Å². The van der Waals surface area contributed by atoms with Gasteiger partial charge < -0.3 is 15.7 Å². The van der Waals surface area contributed by atoms with E-state index < -0.39 is 23.2 Å². The van der Waals surface area contributed by atoms with E-state index >= 15 is 0 Å². The van der Waals surface area contributed by atoms with Crippen molar-refractivity contribution < 1.29 is 19.1 Å². The third-order valence-corrected chi connectivity index (χ3v) is 3.90. The lowest BCUT2D eigenvalue weighted by atomic mass is 9.89. The molecule has 2 atom stereocenters. The van der Waals surface area contributed by atoms with Crippen molar-refractivity contribution in [3.05, 3.63) is 29.0 Å². The Morgan fingerprint density at radius 1 is 1.41 bits per heavy atom. The highest BCUT2D eigenvalue weighted by atomic mass is 35.5. The van der Waals surface area contributed by atoms with Crippen LogP contribution in [0, 0.1) is 11.7 Å². The molecular weight excluding hydrogens is 311 g/mol. The standard InChI is InChI=1S/C15H20ClFN2O3/c1-4-9(2)15(3,22)8-18-13(20)14(21)19-12-6-5-10(16)7-11(12)17/h5-7,9,22H,4,8H2,1-3H3,(H,18,20)(H,19,21)/t9-,15+/m0/s1. The number of hydrogen-bond donors (Lipinski definition) is 3. The van der Waals surface area contributed by atoms with Crippen LogP contribution in [0.25, 0.3) is 0 Å². The van der Waals surface area contributed by atoms with Crippen LogP contribution >= 0.6 is 11.6 Å². The Balaban J connectivity index is 2.61. The molecule has 0 radical (unpaired) electrons. The first kappa shape index (κ1) is 18.4. The first-order valence-electron chi connectivity index (χ1n) is 6.94. The fourth-order valence-electron chi connectivity index (χ4n) is 1.72. The van der Waals surface area contributed by atoms with Gasteiger partial charge in [-0.2, -0.15) is 0 Å². The fourth-order valence-corrected chi connectivity index (χ4v) is 1.88. The lowest BCUT2D eigenvalue weighted by molar-refractivity contribution is -0.137. The van der Waals surface area contributed by atoms with E-state index in [0.717, 1.165) is 12.5 Å². The van der Waals surface area contributed by atoms with Crippen molar-refractivity contribution in [2.75, 3.05) is 11.9 Å². The summed E-state index contributed by atoms with van der Waals surface area (Å²) in [4.78, 5) is 23.4. The molecule has 0 aliphatic heterocycles. The molecule has 0 fully saturated rings. The average Bonchev–Trinajstić information content (AvgIpc) is 2.46. The number of halogens is 2. The summed E-state index contributed by atoms with van der Waals surface area (Å²) in [6.45, 7) is 5.27. The van der Waals surface area contributed by atoms with Crippen molar-refractivity contribution >= 4 is 29.1 Å². The summed E-state index contributed by atoms with van der Waals surface area (Å²) < 4.78 is 13.5. The van der Waals surface area contributed by atoms with Crippen LogP contribution in [0.1, 0.15) is 27.2 Å². The fraction of sp³-hybridized carbons (Fsp3) is 0.467. The van der Waals surface area contributed by atoms with E-state index in [4.69, 9.17) is 11.6 Å². The van der Waals surface area contributed by atoms with Gasteiger partial charge in [0, 0.05) is 11.6 Å². The molecule has 1 aromatic rings. The zero-order valence-electron chi connectivity index (χ0n) is 12.7. The van der Waals surface area contributed by atoms with Crippen molar-refractivity contribution in [3.63, 3.8) is 0 Å². The summed E-state index contributed by atoms with van der Waals surface area (Å²) >= 11 is 5.60. The maximum Gasteiger partial charge on any atom is 0.313 e. The predicted octanol–water partition coefficient (Wildman–Crippen LogP) is 2.33. The normalized spacial score (nSPS) is 14.8. The van der Waals surface area contributed by atoms with Gasteiger partial charge in [-0.3, -0.25) is 9.59 Å². The number of aliphatic hydroxyl groups is 1. The molecule has 0 aromatic heterocycles. The quantitative estimate of drug-likeness (QED) is 0.725. The maximum atomic E-state index is 13.5. The van der Waals surface area contributed by atoms with E-state index in [1.807, 2.05) is 13.8 Å². The summed E-state index contributed by atoms with van der Waals surface area (Å²) in [7, 11) is 0. The molecule has 0 spiro atoms. The first-order chi connectivity index (χ1) is 10.2. The minimum Gasteiger partial charge on any atom is -0.388 e. The highest BCUT2D eigenvalue weighted by Gasteiger charge is 2.28. The Labute approximate surface area is 133 Å². The summed E-state index contributed by atoms with van der Waals surface area (Å²) in [6.07, 6.45) is 0.727. The molecule has 2 amide bonds. The van der Waals surface area contributed by atoms with Gasteiger partial charge in [-0.15, -0.1) is 0 Å². The summed E-state index contributed by atoms with van der Waals surface area (Å²) in [5.74, 6) is -2.75. The molecule has 1 rings (SSSR count). The number of carbonyl (C=O) groups excluding carboxylic acids is 2. The molecule has 3 N–H and O–H groups in total. The molecule has 0 saturated heterocycles. The largest absolute Gasteiger partial charge is 0.388 e. The summed E-state index contributed by atoms with van der Waals surface area (Å²) in [5.41, 5.74) is -1.27. The Bertz CT molecular complexity index is 564. The number of rotatable bonds is 5. The molecule has 0 bridgehead atoms. The van der Waals surface area contributed by atoms with E-state index in [1.165, 1.54) is 12.1 Å². The Hall–Kier alpha value is -1.66. The van der Waals surface area contributed by atoms with Crippen LogP contribution < -0.4 is 10.6 Å². The van der Waals surface area contributed by atoms with Crippen LogP contribution in [0.15, 0.2) is 18.2 Å². The zero-order chi connectivity index (χ0) is 16.9. The number of hydrogen-bond acceptors (Lipinski definition) is 3. The topological polar surface area (TPSA) is 78.4 Å². The SMILES string of the molecule is CC[C@H](C)[C@](C)(O)CNC(=O)C(=O)Nc1ccc(Cl)cc1F. The van der Waals surface area contributed by atoms with Crippen molar-refractivity contribution in [1.82, 2.24) is 5.32 Å². The number of carbonyl (C=O) groups is 2. The Morgan fingerprint density at radius 3 is 2.59 bits per heavy atom. The Kier molecular flexibility index (Phi) is 6.32. The number of nitrogens with one attached hydrogen (secondary N) is 2. The molecule has 0 heterocycles. The summed E-state index contributed by atoms with van der Waals surface area (Å²) in [5, 5.41) is 14.8. The van der Waals surface area contributed by atoms with Gasteiger partial charge in [-0.1, -0.05) is 31.9 Å². The van der Waals surface area contributed by atoms with Crippen molar-refractivity contribution in [1.29, 1.82) is 0 Å². The minimum absolute atomic E-state index is 0.0513. The Morgan fingerprint density at radius 2 is 2.05 bits per heavy atom. The molecule has 0 aliphatic carbocycles. The van der Waals surface area contributed by atoms with Crippen molar-refractivity contribution in [2.45, 2.75) is 32.8 Å². The zero-order valence-corrected chi connectivity index (χ0v) is 13.5. The van der Waals surface area contributed by atoms with Crippen LogP contribution in [0.2, 0.25) is 5.02 Å². The van der Waals surface area contributed by atoms with Crippen molar-refractivity contribution in [3.8, 4) is 0 Å².